The quantitative estimate of drug-likeness (QED) is 0.779. The molecule has 0 bridgehead atoms. The van der Waals surface area contributed by atoms with E-state index < -0.39 is 17.8 Å². The van der Waals surface area contributed by atoms with Crippen molar-refractivity contribution in [3.8, 4) is 0 Å². The van der Waals surface area contributed by atoms with E-state index in [1.165, 1.54) is 6.07 Å². The van der Waals surface area contributed by atoms with Crippen LogP contribution in [-0.2, 0) is 15.7 Å². The number of ether oxygens (including phenoxy) is 1. The molecule has 1 aliphatic heterocycles. The Balaban J connectivity index is 1.78. The first kappa shape index (κ1) is 19.5. The summed E-state index contributed by atoms with van der Waals surface area (Å²) in [6, 6.07) is 2.36. The Bertz CT molecular complexity index is 556. The monoisotopic (exact) mass is 361 g/mol. The second-order valence-electron chi connectivity index (χ2n) is 5.94. The van der Waals surface area contributed by atoms with Gasteiger partial charge in [0.1, 0.15) is 5.82 Å². The van der Waals surface area contributed by atoms with Crippen LogP contribution in [0.3, 0.4) is 0 Å². The number of aliphatic hydroxyl groups is 1. The van der Waals surface area contributed by atoms with Gasteiger partial charge in [0, 0.05) is 32.4 Å². The maximum atomic E-state index is 12.6. The first-order chi connectivity index (χ1) is 11.8. The molecule has 1 aromatic rings. The molecule has 140 valence electrons. The zero-order valence-electron chi connectivity index (χ0n) is 14.0. The fraction of sp³-hybridized carbons (Fsp3) is 0.625. The average molecular weight is 361 g/mol. The highest BCUT2D eigenvalue weighted by atomic mass is 19.4. The van der Waals surface area contributed by atoms with Crippen LogP contribution in [0.15, 0.2) is 18.3 Å². The van der Waals surface area contributed by atoms with Crippen molar-refractivity contribution in [2.75, 3.05) is 44.3 Å². The highest BCUT2D eigenvalue weighted by Gasteiger charge is 2.31. The SMILES string of the molecule is C[C@H](O)COCCC(=O)N1CCN(c2ccc(C(F)(F)F)cn2)CC1. The number of nitrogens with zero attached hydrogens (tertiary/aromatic N) is 3. The Labute approximate surface area is 144 Å². The van der Waals surface area contributed by atoms with Crippen molar-refractivity contribution in [2.24, 2.45) is 0 Å². The average Bonchev–Trinajstić information content (AvgIpc) is 2.58. The van der Waals surface area contributed by atoms with Gasteiger partial charge >= 0.3 is 6.18 Å². The second kappa shape index (κ2) is 8.48. The number of anilines is 1. The van der Waals surface area contributed by atoms with Crippen LogP contribution >= 0.6 is 0 Å². The number of piperazine rings is 1. The number of aliphatic hydroxyl groups excluding tert-OH is 1. The lowest BCUT2D eigenvalue weighted by Crippen LogP contribution is -2.49. The number of carbonyl (C=O) groups excluding carboxylic acids is 1. The third kappa shape index (κ3) is 5.86. The molecule has 9 heteroatoms. The number of alkyl halides is 3. The highest BCUT2D eigenvalue weighted by Crippen LogP contribution is 2.29. The lowest BCUT2D eigenvalue weighted by atomic mass is 10.2. The first-order valence-electron chi connectivity index (χ1n) is 8.09. The predicted molar refractivity (Wildman–Crippen MR) is 85.1 cm³/mol. The molecular weight excluding hydrogens is 339 g/mol. The topological polar surface area (TPSA) is 65.9 Å². The van der Waals surface area contributed by atoms with Gasteiger partial charge in [-0.15, -0.1) is 0 Å². The summed E-state index contributed by atoms with van der Waals surface area (Å²) in [5.41, 5.74) is -0.776. The molecule has 0 saturated carbocycles. The summed E-state index contributed by atoms with van der Waals surface area (Å²) in [5.74, 6) is 0.436. The molecule has 1 atom stereocenters. The molecule has 0 aromatic carbocycles. The number of carbonyl (C=O) groups is 1. The van der Waals surface area contributed by atoms with E-state index in [0.29, 0.717) is 32.0 Å². The van der Waals surface area contributed by atoms with Crippen molar-refractivity contribution in [3.05, 3.63) is 23.9 Å². The smallest absolute Gasteiger partial charge is 0.391 e. The maximum Gasteiger partial charge on any atom is 0.417 e. The summed E-state index contributed by atoms with van der Waals surface area (Å²) >= 11 is 0. The summed E-state index contributed by atoms with van der Waals surface area (Å²) < 4.78 is 42.8. The fourth-order valence-electron chi connectivity index (χ4n) is 2.50. The predicted octanol–water partition coefficient (Wildman–Crippen LogP) is 1.54. The minimum Gasteiger partial charge on any atom is -0.391 e. The van der Waals surface area contributed by atoms with Crippen LogP contribution < -0.4 is 4.90 Å². The van der Waals surface area contributed by atoms with Crippen molar-refractivity contribution < 1.29 is 27.8 Å². The lowest BCUT2D eigenvalue weighted by molar-refractivity contribution is -0.138. The second-order valence-corrected chi connectivity index (χ2v) is 5.94. The largest absolute Gasteiger partial charge is 0.417 e. The number of aromatic nitrogens is 1. The van der Waals surface area contributed by atoms with E-state index in [2.05, 4.69) is 4.98 Å². The molecule has 0 unspecified atom stereocenters. The van der Waals surface area contributed by atoms with E-state index in [4.69, 9.17) is 9.84 Å². The zero-order chi connectivity index (χ0) is 18.4. The standard InChI is InChI=1S/C16H22F3N3O3/c1-12(23)11-25-9-4-15(24)22-7-5-21(6-8-22)14-3-2-13(10-20-14)16(17,18)19/h2-3,10,12,23H,4-9,11H2,1H3/t12-/m0/s1. The van der Waals surface area contributed by atoms with Crippen molar-refractivity contribution >= 4 is 11.7 Å². The molecule has 0 spiro atoms. The van der Waals surface area contributed by atoms with Gasteiger partial charge in [-0.1, -0.05) is 0 Å². The molecule has 1 saturated heterocycles. The van der Waals surface area contributed by atoms with Crippen molar-refractivity contribution in [1.29, 1.82) is 0 Å². The molecule has 2 rings (SSSR count). The number of pyridine rings is 1. The third-order valence-corrected chi connectivity index (χ3v) is 3.85. The van der Waals surface area contributed by atoms with Crippen LogP contribution in [0.4, 0.5) is 19.0 Å². The molecule has 2 heterocycles. The first-order valence-corrected chi connectivity index (χ1v) is 8.09. The zero-order valence-corrected chi connectivity index (χ0v) is 14.0. The summed E-state index contributed by atoms with van der Waals surface area (Å²) in [6.45, 7) is 4.05. The summed E-state index contributed by atoms with van der Waals surface area (Å²) in [6.07, 6.45) is -3.89. The Kier molecular flexibility index (Phi) is 6.60. The van der Waals surface area contributed by atoms with Crippen LogP contribution in [0.5, 0.6) is 0 Å². The maximum absolute atomic E-state index is 12.6. The van der Waals surface area contributed by atoms with Crippen LogP contribution in [0, 0.1) is 0 Å². The van der Waals surface area contributed by atoms with E-state index in [1.54, 1.807) is 11.8 Å². The van der Waals surface area contributed by atoms with E-state index in [9.17, 15) is 18.0 Å². The Morgan fingerprint density at radius 3 is 2.52 bits per heavy atom. The number of amides is 1. The van der Waals surface area contributed by atoms with E-state index in [1.807, 2.05) is 4.90 Å². The van der Waals surface area contributed by atoms with Gasteiger partial charge in [0.25, 0.3) is 0 Å². The van der Waals surface area contributed by atoms with Crippen molar-refractivity contribution in [2.45, 2.75) is 25.6 Å². The highest BCUT2D eigenvalue weighted by molar-refractivity contribution is 5.76. The van der Waals surface area contributed by atoms with Crippen molar-refractivity contribution in [1.82, 2.24) is 9.88 Å². The summed E-state index contributed by atoms with van der Waals surface area (Å²) in [5, 5.41) is 9.07. The number of hydrogen-bond acceptors (Lipinski definition) is 5. The molecule has 1 aliphatic rings. The molecule has 1 aromatic heterocycles. The van der Waals surface area contributed by atoms with Gasteiger partial charge in [-0.2, -0.15) is 13.2 Å². The van der Waals surface area contributed by atoms with Gasteiger partial charge in [0.2, 0.25) is 5.91 Å². The number of halogens is 3. The molecule has 0 aliphatic carbocycles. The number of rotatable bonds is 6. The Hall–Kier alpha value is -1.87. The lowest BCUT2D eigenvalue weighted by Gasteiger charge is -2.35. The Morgan fingerprint density at radius 2 is 2.00 bits per heavy atom. The molecule has 1 N–H and O–H groups in total. The van der Waals surface area contributed by atoms with E-state index >= 15 is 0 Å². The van der Waals surface area contributed by atoms with Gasteiger partial charge < -0.3 is 19.6 Å². The van der Waals surface area contributed by atoms with Gasteiger partial charge in [0.05, 0.1) is 31.3 Å². The molecule has 1 amide bonds. The fourth-order valence-corrected chi connectivity index (χ4v) is 2.50. The summed E-state index contributed by atoms with van der Waals surface area (Å²) in [7, 11) is 0. The number of hydrogen-bond donors (Lipinski definition) is 1. The minimum atomic E-state index is -4.40. The molecule has 6 nitrogen and oxygen atoms in total. The normalized spacial score (nSPS) is 16.8. The van der Waals surface area contributed by atoms with Crippen LogP contribution in [0.1, 0.15) is 18.9 Å². The molecular formula is C16H22F3N3O3. The van der Waals surface area contributed by atoms with Gasteiger partial charge in [0.15, 0.2) is 0 Å². The molecule has 25 heavy (non-hydrogen) atoms. The van der Waals surface area contributed by atoms with Gasteiger partial charge in [-0.25, -0.2) is 4.98 Å². The van der Waals surface area contributed by atoms with E-state index in [0.717, 1.165) is 12.3 Å². The van der Waals surface area contributed by atoms with Gasteiger partial charge in [-0.3, -0.25) is 4.79 Å². The van der Waals surface area contributed by atoms with Crippen LogP contribution in [0.25, 0.3) is 0 Å². The van der Waals surface area contributed by atoms with Crippen molar-refractivity contribution in [3.63, 3.8) is 0 Å². The van der Waals surface area contributed by atoms with Gasteiger partial charge in [-0.05, 0) is 19.1 Å². The van der Waals surface area contributed by atoms with E-state index in [-0.39, 0.29) is 25.5 Å². The Morgan fingerprint density at radius 1 is 1.32 bits per heavy atom. The minimum absolute atomic E-state index is 0.0365. The molecule has 1 fully saturated rings. The van der Waals surface area contributed by atoms with Crippen LogP contribution in [0.2, 0.25) is 0 Å². The molecule has 0 radical (unpaired) electrons. The summed E-state index contributed by atoms with van der Waals surface area (Å²) in [4.78, 5) is 19.5. The third-order valence-electron chi connectivity index (χ3n) is 3.85. The van der Waals surface area contributed by atoms with Crippen LogP contribution in [-0.4, -0.2) is 66.4 Å².